The lowest BCUT2D eigenvalue weighted by molar-refractivity contribution is -0.141. The molecule has 0 aromatic heterocycles. The summed E-state index contributed by atoms with van der Waals surface area (Å²) >= 11 is 0. The number of amides is 2. The second kappa shape index (κ2) is 8.82. The maximum atomic E-state index is 11.8. The molecule has 0 aromatic rings. The highest BCUT2D eigenvalue weighted by molar-refractivity contribution is 5.76. The highest BCUT2D eigenvalue weighted by Crippen LogP contribution is 2.26. The van der Waals surface area contributed by atoms with E-state index in [1.54, 1.807) is 0 Å². The number of carboxylic acid groups (broad SMARTS) is 1. The Morgan fingerprint density at radius 2 is 1.90 bits per heavy atom. The molecule has 0 saturated heterocycles. The van der Waals surface area contributed by atoms with Crippen molar-refractivity contribution in [3.63, 3.8) is 0 Å². The standard InChI is InChI=1S/C15H28N2O3/c1-3-7-13(14(18)19)10-16-15(20)17-11(2)12-8-5-4-6-9-12/h11-13H,3-10H2,1-2H3,(H,18,19)(H2,16,17,20). The molecular formula is C15H28N2O3. The van der Waals surface area contributed by atoms with Crippen LogP contribution in [0.5, 0.6) is 0 Å². The summed E-state index contributed by atoms with van der Waals surface area (Å²) in [5, 5.41) is 14.7. The molecule has 2 amide bonds. The average molecular weight is 284 g/mol. The van der Waals surface area contributed by atoms with Gasteiger partial charge in [0.25, 0.3) is 0 Å². The molecule has 5 heteroatoms. The van der Waals surface area contributed by atoms with E-state index in [4.69, 9.17) is 5.11 Å². The first kappa shape index (κ1) is 16.8. The molecule has 116 valence electrons. The predicted octanol–water partition coefficient (Wildman–Crippen LogP) is 2.76. The summed E-state index contributed by atoms with van der Waals surface area (Å²) in [6.45, 7) is 4.18. The van der Waals surface area contributed by atoms with Crippen molar-refractivity contribution in [3.8, 4) is 0 Å². The summed E-state index contributed by atoms with van der Waals surface area (Å²) in [5.41, 5.74) is 0. The zero-order valence-corrected chi connectivity index (χ0v) is 12.7. The molecule has 1 rings (SSSR count). The number of rotatable bonds is 7. The number of hydrogen-bond acceptors (Lipinski definition) is 2. The topological polar surface area (TPSA) is 78.4 Å². The average Bonchev–Trinajstić information content (AvgIpc) is 2.44. The lowest BCUT2D eigenvalue weighted by Crippen LogP contribution is -2.46. The zero-order chi connectivity index (χ0) is 15.0. The Hall–Kier alpha value is -1.26. The minimum absolute atomic E-state index is 0.157. The molecule has 0 aromatic carbocycles. The van der Waals surface area contributed by atoms with Crippen molar-refractivity contribution in [1.82, 2.24) is 10.6 Å². The van der Waals surface area contributed by atoms with Crippen molar-refractivity contribution in [3.05, 3.63) is 0 Å². The van der Waals surface area contributed by atoms with Crippen LogP contribution >= 0.6 is 0 Å². The normalized spacial score (nSPS) is 19.1. The quantitative estimate of drug-likeness (QED) is 0.672. The fourth-order valence-corrected chi connectivity index (χ4v) is 2.89. The van der Waals surface area contributed by atoms with Crippen molar-refractivity contribution < 1.29 is 14.7 Å². The molecule has 1 fully saturated rings. The van der Waals surface area contributed by atoms with Crippen molar-refractivity contribution in [2.45, 2.75) is 64.8 Å². The zero-order valence-electron chi connectivity index (χ0n) is 12.7. The van der Waals surface area contributed by atoms with Gasteiger partial charge < -0.3 is 15.7 Å². The van der Waals surface area contributed by atoms with Gasteiger partial charge in [-0.25, -0.2) is 4.79 Å². The van der Waals surface area contributed by atoms with E-state index in [1.807, 2.05) is 13.8 Å². The van der Waals surface area contributed by atoms with Crippen molar-refractivity contribution >= 4 is 12.0 Å². The fourth-order valence-electron chi connectivity index (χ4n) is 2.89. The molecule has 2 unspecified atom stereocenters. The van der Waals surface area contributed by atoms with E-state index in [1.165, 1.54) is 32.1 Å². The lowest BCUT2D eigenvalue weighted by atomic mass is 9.85. The Morgan fingerprint density at radius 3 is 2.45 bits per heavy atom. The van der Waals surface area contributed by atoms with Crippen molar-refractivity contribution in [2.24, 2.45) is 11.8 Å². The Bertz CT molecular complexity index is 314. The van der Waals surface area contributed by atoms with Crippen LogP contribution in [0.1, 0.15) is 58.8 Å². The van der Waals surface area contributed by atoms with Crippen LogP contribution in [0.25, 0.3) is 0 Å². The highest BCUT2D eigenvalue weighted by atomic mass is 16.4. The van der Waals surface area contributed by atoms with Crippen LogP contribution < -0.4 is 10.6 Å². The molecule has 1 aliphatic rings. The molecule has 3 N–H and O–H groups in total. The summed E-state index contributed by atoms with van der Waals surface area (Å²) in [4.78, 5) is 22.8. The first-order valence-electron chi connectivity index (χ1n) is 7.81. The number of aliphatic carboxylic acids is 1. The van der Waals surface area contributed by atoms with Crippen molar-refractivity contribution in [1.29, 1.82) is 0 Å². The molecule has 1 aliphatic carbocycles. The Labute approximate surface area is 121 Å². The van der Waals surface area contributed by atoms with Crippen LogP contribution in [0.3, 0.4) is 0 Å². The van der Waals surface area contributed by atoms with Gasteiger partial charge in [0, 0.05) is 12.6 Å². The van der Waals surface area contributed by atoms with E-state index < -0.39 is 11.9 Å². The SMILES string of the molecule is CCCC(CNC(=O)NC(C)C1CCCCC1)C(=O)O. The number of hydrogen-bond donors (Lipinski definition) is 3. The number of carbonyl (C=O) groups excluding carboxylic acids is 1. The van der Waals surface area contributed by atoms with Crippen LogP contribution in [-0.2, 0) is 4.79 Å². The third kappa shape index (κ3) is 5.80. The van der Waals surface area contributed by atoms with Crippen LogP contribution in [0, 0.1) is 11.8 Å². The number of nitrogens with one attached hydrogen (secondary N) is 2. The maximum Gasteiger partial charge on any atom is 0.315 e. The Morgan fingerprint density at radius 1 is 1.25 bits per heavy atom. The van der Waals surface area contributed by atoms with E-state index in [-0.39, 0.29) is 18.6 Å². The third-order valence-corrected chi connectivity index (χ3v) is 4.21. The van der Waals surface area contributed by atoms with Crippen molar-refractivity contribution in [2.75, 3.05) is 6.54 Å². The van der Waals surface area contributed by atoms with Gasteiger partial charge in [0.1, 0.15) is 0 Å². The molecule has 0 aliphatic heterocycles. The van der Waals surface area contributed by atoms with Crippen LogP contribution in [0.2, 0.25) is 0 Å². The molecule has 0 radical (unpaired) electrons. The van der Waals surface area contributed by atoms with Gasteiger partial charge in [-0.3, -0.25) is 4.79 Å². The molecule has 2 atom stereocenters. The molecule has 0 spiro atoms. The van der Waals surface area contributed by atoms with Gasteiger partial charge in [-0.15, -0.1) is 0 Å². The van der Waals surface area contributed by atoms with Gasteiger partial charge in [0.05, 0.1) is 5.92 Å². The number of carboxylic acids is 1. The predicted molar refractivity (Wildman–Crippen MR) is 78.6 cm³/mol. The van der Waals surface area contributed by atoms with Gasteiger partial charge in [-0.2, -0.15) is 0 Å². The van der Waals surface area contributed by atoms with Gasteiger partial charge in [-0.1, -0.05) is 32.6 Å². The van der Waals surface area contributed by atoms with Gasteiger partial charge in [0.15, 0.2) is 0 Å². The van der Waals surface area contributed by atoms with E-state index in [0.29, 0.717) is 12.3 Å². The first-order valence-corrected chi connectivity index (χ1v) is 7.81. The number of urea groups is 1. The Balaban J connectivity index is 2.29. The summed E-state index contributed by atoms with van der Waals surface area (Å²) < 4.78 is 0. The second-order valence-electron chi connectivity index (χ2n) is 5.86. The minimum Gasteiger partial charge on any atom is -0.481 e. The highest BCUT2D eigenvalue weighted by Gasteiger charge is 2.22. The monoisotopic (exact) mass is 284 g/mol. The van der Waals surface area contributed by atoms with Gasteiger partial charge >= 0.3 is 12.0 Å². The van der Waals surface area contributed by atoms with E-state index >= 15 is 0 Å². The lowest BCUT2D eigenvalue weighted by Gasteiger charge is -2.28. The van der Waals surface area contributed by atoms with Gasteiger partial charge in [-0.05, 0) is 32.1 Å². The van der Waals surface area contributed by atoms with E-state index in [2.05, 4.69) is 10.6 Å². The van der Waals surface area contributed by atoms with Crippen LogP contribution in [0.4, 0.5) is 4.79 Å². The summed E-state index contributed by atoms with van der Waals surface area (Å²) in [5.74, 6) is -0.774. The molecule has 20 heavy (non-hydrogen) atoms. The molecule has 1 saturated carbocycles. The summed E-state index contributed by atoms with van der Waals surface area (Å²) in [6, 6.07) is -0.0878. The first-order chi connectivity index (χ1) is 9.54. The van der Waals surface area contributed by atoms with Crippen LogP contribution in [0.15, 0.2) is 0 Å². The smallest absolute Gasteiger partial charge is 0.315 e. The van der Waals surface area contributed by atoms with E-state index in [9.17, 15) is 9.59 Å². The third-order valence-electron chi connectivity index (χ3n) is 4.21. The maximum absolute atomic E-state index is 11.8. The minimum atomic E-state index is -0.840. The molecular weight excluding hydrogens is 256 g/mol. The molecule has 5 nitrogen and oxygen atoms in total. The van der Waals surface area contributed by atoms with Gasteiger partial charge in [0.2, 0.25) is 0 Å². The van der Waals surface area contributed by atoms with Crippen LogP contribution in [-0.4, -0.2) is 29.7 Å². The number of carbonyl (C=O) groups is 2. The summed E-state index contributed by atoms with van der Waals surface area (Å²) in [6.07, 6.45) is 7.54. The van der Waals surface area contributed by atoms with E-state index in [0.717, 1.165) is 6.42 Å². The largest absolute Gasteiger partial charge is 0.481 e. The molecule has 0 bridgehead atoms. The molecule has 0 heterocycles. The summed E-state index contributed by atoms with van der Waals surface area (Å²) in [7, 11) is 0. The second-order valence-corrected chi connectivity index (χ2v) is 5.86. The fraction of sp³-hybridized carbons (Fsp3) is 0.867. The Kier molecular flexibility index (Phi) is 7.41.